The van der Waals surface area contributed by atoms with Crippen molar-refractivity contribution < 1.29 is 9.53 Å². The normalized spacial score (nSPS) is 18.0. The Labute approximate surface area is 136 Å². The number of aromatic amines is 1. The molecule has 3 rings (SSSR count). The number of carbonyl (C=O) groups is 1. The number of rotatable bonds is 4. The smallest absolute Gasteiger partial charge is 0.227 e. The number of nitrogens with zero attached hydrogens (tertiary/aromatic N) is 2. The number of aryl methyl sites for hydroxylation is 1. The summed E-state index contributed by atoms with van der Waals surface area (Å²) in [6, 6.07) is 7.97. The van der Waals surface area contributed by atoms with Crippen LogP contribution >= 0.6 is 0 Å². The Morgan fingerprint density at radius 2 is 2.30 bits per heavy atom. The first kappa shape index (κ1) is 15.6. The number of likely N-dealkylation sites (tertiary alicyclic amines) is 1. The minimum absolute atomic E-state index is 0.165. The first-order chi connectivity index (χ1) is 11.2. The van der Waals surface area contributed by atoms with Gasteiger partial charge < -0.3 is 9.64 Å². The van der Waals surface area contributed by atoms with Gasteiger partial charge in [-0.05, 0) is 31.9 Å². The number of H-pyrrole nitrogens is 1. The van der Waals surface area contributed by atoms with Crippen molar-refractivity contribution in [3.63, 3.8) is 0 Å². The van der Waals surface area contributed by atoms with Crippen molar-refractivity contribution in [2.75, 3.05) is 20.2 Å². The number of ether oxygens (including phenoxy) is 1. The minimum atomic E-state index is 0.165. The Hall–Kier alpha value is -2.30. The summed E-state index contributed by atoms with van der Waals surface area (Å²) in [6.07, 6.45) is 4.29. The molecule has 1 amide bonds. The van der Waals surface area contributed by atoms with Crippen LogP contribution in [-0.4, -0.2) is 41.2 Å². The van der Waals surface area contributed by atoms with E-state index < -0.39 is 0 Å². The van der Waals surface area contributed by atoms with Gasteiger partial charge in [0, 0.05) is 36.5 Å². The molecule has 0 radical (unpaired) electrons. The Morgan fingerprint density at radius 1 is 1.43 bits per heavy atom. The highest BCUT2D eigenvalue weighted by atomic mass is 16.5. The molecular formula is C18H23N3O2. The van der Waals surface area contributed by atoms with Gasteiger partial charge in [0.25, 0.3) is 0 Å². The van der Waals surface area contributed by atoms with Gasteiger partial charge in [-0.2, -0.15) is 5.10 Å². The van der Waals surface area contributed by atoms with Crippen LogP contribution in [0, 0.1) is 6.92 Å². The van der Waals surface area contributed by atoms with Crippen LogP contribution in [0.25, 0.3) is 0 Å². The van der Waals surface area contributed by atoms with Crippen LogP contribution in [0.4, 0.5) is 0 Å². The average Bonchev–Trinajstić information content (AvgIpc) is 3.10. The first-order valence-corrected chi connectivity index (χ1v) is 8.08. The molecule has 2 heterocycles. The van der Waals surface area contributed by atoms with E-state index in [1.54, 1.807) is 13.3 Å². The van der Waals surface area contributed by atoms with E-state index in [0.717, 1.165) is 48.5 Å². The summed E-state index contributed by atoms with van der Waals surface area (Å²) in [7, 11) is 1.65. The van der Waals surface area contributed by atoms with Crippen molar-refractivity contribution in [1.82, 2.24) is 15.1 Å². The van der Waals surface area contributed by atoms with Gasteiger partial charge in [-0.25, -0.2) is 0 Å². The molecule has 0 aliphatic carbocycles. The molecule has 0 bridgehead atoms. The highest BCUT2D eigenvalue weighted by Gasteiger charge is 2.26. The van der Waals surface area contributed by atoms with E-state index in [1.165, 1.54) is 0 Å². The second-order valence-corrected chi connectivity index (χ2v) is 6.18. The lowest BCUT2D eigenvalue weighted by molar-refractivity contribution is -0.131. The van der Waals surface area contributed by atoms with Crippen LogP contribution in [-0.2, 0) is 11.2 Å². The summed E-state index contributed by atoms with van der Waals surface area (Å²) < 4.78 is 5.38. The number of piperidine rings is 1. The number of amides is 1. The highest BCUT2D eigenvalue weighted by molar-refractivity contribution is 5.79. The maximum Gasteiger partial charge on any atom is 0.227 e. The maximum atomic E-state index is 12.7. The van der Waals surface area contributed by atoms with E-state index in [0.29, 0.717) is 12.3 Å². The molecule has 1 saturated heterocycles. The van der Waals surface area contributed by atoms with E-state index in [1.807, 2.05) is 36.1 Å². The van der Waals surface area contributed by atoms with Gasteiger partial charge in [-0.1, -0.05) is 17.7 Å². The number of benzene rings is 1. The number of hydrogen-bond acceptors (Lipinski definition) is 3. The molecule has 5 nitrogen and oxygen atoms in total. The van der Waals surface area contributed by atoms with Gasteiger partial charge in [0.1, 0.15) is 5.75 Å². The second-order valence-electron chi connectivity index (χ2n) is 6.18. The largest absolute Gasteiger partial charge is 0.496 e. The van der Waals surface area contributed by atoms with Gasteiger partial charge >= 0.3 is 0 Å². The topological polar surface area (TPSA) is 58.2 Å². The first-order valence-electron chi connectivity index (χ1n) is 8.08. The molecule has 122 valence electrons. The predicted octanol–water partition coefficient (Wildman–Crippen LogP) is 2.68. The quantitative estimate of drug-likeness (QED) is 0.944. The van der Waals surface area contributed by atoms with Crippen molar-refractivity contribution >= 4 is 5.91 Å². The fourth-order valence-corrected chi connectivity index (χ4v) is 3.27. The summed E-state index contributed by atoms with van der Waals surface area (Å²) in [5.74, 6) is 1.30. The molecule has 0 spiro atoms. The Kier molecular flexibility index (Phi) is 4.65. The van der Waals surface area contributed by atoms with Crippen molar-refractivity contribution in [3.8, 4) is 5.75 Å². The molecular weight excluding hydrogens is 290 g/mol. The number of hydrogen-bond donors (Lipinski definition) is 1. The van der Waals surface area contributed by atoms with E-state index in [4.69, 9.17) is 4.74 Å². The van der Waals surface area contributed by atoms with Gasteiger partial charge in [-0.3, -0.25) is 9.89 Å². The van der Waals surface area contributed by atoms with Crippen LogP contribution in [0.15, 0.2) is 30.5 Å². The predicted molar refractivity (Wildman–Crippen MR) is 88.6 cm³/mol. The standard InChI is InChI=1S/C18H23N3O2/c1-13-5-6-17(23-2)15(10-13)11-18(22)21-9-3-4-14(12-21)16-7-8-19-20-16/h5-8,10,14H,3-4,9,11-12H2,1-2H3,(H,19,20). The molecule has 1 aliphatic heterocycles. The van der Waals surface area contributed by atoms with Crippen LogP contribution in [0.3, 0.4) is 0 Å². The van der Waals surface area contributed by atoms with E-state index in [-0.39, 0.29) is 5.91 Å². The number of aromatic nitrogens is 2. The van der Waals surface area contributed by atoms with Crippen LogP contribution in [0.5, 0.6) is 5.75 Å². The third kappa shape index (κ3) is 3.55. The average molecular weight is 313 g/mol. The zero-order valence-corrected chi connectivity index (χ0v) is 13.7. The Bertz CT molecular complexity index is 667. The number of nitrogens with one attached hydrogen (secondary N) is 1. The van der Waals surface area contributed by atoms with Gasteiger partial charge in [-0.15, -0.1) is 0 Å². The summed E-state index contributed by atoms with van der Waals surface area (Å²) in [6.45, 7) is 3.62. The highest BCUT2D eigenvalue weighted by Crippen LogP contribution is 2.27. The number of carbonyl (C=O) groups excluding carboxylic acids is 1. The van der Waals surface area contributed by atoms with Crippen molar-refractivity contribution in [1.29, 1.82) is 0 Å². The Balaban J connectivity index is 1.69. The van der Waals surface area contributed by atoms with Gasteiger partial charge in [0.2, 0.25) is 5.91 Å². The van der Waals surface area contributed by atoms with E-state index in [2.05, 4.69) is 10.2 Å². The molecule has 1 unspecified atom stereocenters. The molecule has 2 aromatic rings. The number of methoxy groups -OCH3 is 1. The molecule has 1 aromatic carbocycles. The summed E-state index contributed by atoms with van der Waals surface area (Å²) >= 11 is 0. The second kappa shape index (κ2) is 6.86. The van der Waals surface area contributed by atoms with Crippen LogP contribution in [0.1, 0.15) is 35.6 Å². The van der Waals surface area contributed by atoms with Crippen molar-refractivity contribution in [2.24, 2.45) is 0 Å². The molecule has 5 heteroatoms. The fraction of sp³-hybridized carbons (Fsp3) is 0.444. The SMILES string of the molecule is COc1ccc(C)cc1CC(=O)N1CCCC(c2ccn[nH]2)C1. The minimum Gasteiger partial charge on any atom is -0.496 e. The van der Waals surface area contributed by atoms with E-state index in [9.17, 15) is 4.79 Å². The lowest BCUT2D eigenvalue weighted by atomic mass is 9.94. The fourth-order valence-electron chi connectivity index (χ4n) is 3.27. The third-order valence-electron chi connectivity index (χ3n) is 4.51. The van der Waals surface area contributed by atoms with Gasteiger partial charge in [0.05, 0.1) is 13.5 Å². The lowest BCUT2D eigenvalue weighted by Crippen LogP contribution is -2.40. The molecule has 1 fully saturated rings. The van der Waals surface area contributed by atoms with Crippen LogP contribution in [0.2, 0.25) is 0 Å². The van der Waals surface area contributed by atoms with Crippen LogP contribution < -0.4 is 4.74 Å². The summed E-state index contributed by atoms with van der Waals surface area (Å²) in [5, 5.41) is 7.06. The Morgan fingerprint density at radius 3 is 3.04 bits per heavy atom. The zero-order chi connectivity index (χ0) is 16.2. The van der Waals surface area contributed by atoms with Crippen molar-refractivity contribution in [3.05, 3.63) is 47.3 Å². The lowest BCUT2D eigenvalue weighted by Gasteiger charge is -2.32. The monoisotopic (exact) mass is 313 g/mol. The maximum absolute atomic E-state index is 12.7. The third-order valence-corrected chi connectivity index (χ3v) is 4.51. The molecule has 0 saturated carbocycles. The van der Waals surface area contributed by atoms with Crippen molar-refractivity contribution in [2.45, 2.75) is 32.1 Å². The molecule has 1 aromatic heterocycles. The molecule has 1 aliphatic rings. The van der Waals surface area contributed by atoms with E-state index >= 15 is 0 Å². The molecule has 1 atom stereocenters. The molecule has 23 heavy (non-hydrogen) atoms. The zero-order valence-electron chi connectivity index (χ0n) is 13.7. The summed E-state index contributed by atoms with van der Waals surface area (Å²) in [5.41, 5.74) is 3.22. The van der Waals surface area contributed by atoms with Gasteiger partial charge in [0.15, 0.2) is 0 Å². The summed E-state index contributed by atoms with van der Waals surface area (Å²) in [4.78, 5) is 14.7. The molecule has 1 N–H and O–H groups in total.